The van der Waals surface area contributed by atoms with Crippen LogP contribution in [0, 0.1) is 11.3 Å². The van der Waals surface area contributed by atoms with Crippen LogP contribution in [0.4, 0.5) is 0 Å². The summed E-state index contributed by atoms with van der Waals surface area (Å²) in [5, 5.41) is 11.6. The number of amides is 1. The third-order valence-electron chi connectivity index (χ3n) is 2.90. The molecule has 108 valence electrons. The first-order valence-electron chi connectivity index (χ1n) is 6.99. The number of aliphatic hydroxyl groups is 1. The Bertz CT molecular complexity index is 224. The standard InChI is InChI=1S/C14H30N2O2/c1-14(2,3)10-12(11-15)13(18)16-8-6-4-5-7-9-17/h12,17H,4-11,15H2,1-3H3,(H,16,18). The fourth-order valence-corrected chi connectivity index (χ4v) is 1.97. The van der Waals surface area contributed by atoms with Crippen LogP contribution in [0.2, 0.25) is 0 Å². The summed E-state index contributed by atoms with van der Waals surface area (Å²) in [5.41, 5.74) is 5.79. The van der Waals surface area contributed by atoms with Crippen molar-refractivity contribution in [3.05, 3.63) is 0 Å². The number of hydrogen-bond acceptors (Lipinski definition) is 3. The Kier molecular flexibility index (Phi) is 9.02. The van der Waals surface area contributed by atoms with E-state index in [2.05, 4.69) is 26.1 Å². The summed E-state index contributed by atoms with van der Waals surface area (Å²) in [7, 11) is 0. The lowest BCUT2D eigenvalue weighted by Gasteiger charge is -2.24. The minimum Gasteiger partial charge on any atom is -0.396 e. The molecule has 4 heteroatoms. The number of nitrogens with one attached hydrogen (secondary N) is 1. The molecular formula is C14H30N2O2. The summed E-state index contributed by atoms with van der Waals surface area (Å²) in [6, 6.07) is 0. The molecule has 0 saturated heterocycles. The lowest BCUT2D eigenvalue weighted by molar-refractivity contribution is -0.125. The quantitative estimate of drug-likeness (QED) is 0.551. The van der Waals surface area contributed by atoms with E-state index < -0.39 is 0 Å². The second-order valence-corrected chi connectivity index (χ2v) is 6.13. The Balaban J connectivity index is 3.77. The normalized spacial score (nSPS) is 13.4. The highest BCUT2D eigenvalue weighted by Crippen LogP contribution is 2.23. The topological polar surface area (TPSA) is 75.4 Å². The van der Waals surface area contributed by atoms with Crippen LogP contribution in [-0.2, 0) is 4.79 Å². The molecule has 0 aromatic heterocycles. The molecule has 0 rings (SSSR count). The number of unbranched alkanes of at least 4 members (excludes halogenated alkanes) is 3. The fourth-order valence-electron chi connectivity index (χ4n) is 1.97. The van der Waals surface area contributed by atoms with E-state index in [1.165, 1.54) is 0 Å². The predicted octanol–water partition coefficient (Wildman–Crippen LogP) is 1.67. The molecule has 4 nitrogen and oxygen atoms in total. The summed E-state index contributed by atoms with van der Waals surface area (Å²) in [6.45, 7) is 7.75. The van der Waals surface area contributed by atoms with Crippen LogP contribution >= 0.6 is 0 Å². The Morgan fingerprint density at radius 1 is 1.22 bits per heavy atom. The van der Waals surface area contributed by atoms with Crippen LogP contribution in [0.15, 0.2) is 0 Å². The van der Waals surface area contributed by atoms with Gasteiger partial charge in [0.15, 0.2) is 0 Å². The Labute approximate surface area is 111 Å². The molecule has 0 fully saturated rings. The summed E-state index contributed by atoms with van der Waals surface area (Å²) >= 11 is 0. The van der Waals surface area contributed by atoms with Crippen molar-refractivity contribution in [1.82, 2.24) is 5.32 Å². The highest BCUT2D eigenvalue weighted by molar-refractivity contribution is 5.78. The van der Waals surface area contributed by atoms with Gasteiger partial charge in [-0.1, -0.05) is 33.6 Å². The largest absolute Gasteiger partial charge is 0.396 e. The van der Waals surface area contributed by atoms with Crippen molar-refractivity contribution in [3.63, 3.8) is 0 Å². The van der Waals surface area contributed by atoms with Crippen molar-refractivity contribution < 1.29 is 9.90 Å². The monoisotopic (exact) mass is 258 g/mol. The molecule has 4 N–H and O–H groups in total. The van der Waals surface area contributed by atoms with E-state index in [0.717, 1.165) is 32.1 Å². The van der Waals surface area contributed by atoms with Gasteiger partial charge in [-0.05, 0) is 24.7 Å². The first kappa shape index (κ1) is 17.4. The molecule has 0 aliphatic carbocycles. The summed E-state index contributed by atoms with van der Waals surface area (Å²) in [4.78, 5) is 11.9. The van der Waals surface area contributed by atoms with E-state index in [0.29, 0.717) is 13.1 Å². The van der Waals surface area contributed by atoms with E-state index in [1.807, 2.05) is 0 Å². The first-order valence-corrected chi connectivity index (χ1v) is 6.99. The minimum absolute atomic E-state index is 0.0783. The zero-order chi connectivity index (χ0) is 14.0. The maximum Gasteiger partial charge on any atom is 0.224 e. The molecule has 0 saturated carbocycles. The maximum absolute atomic E-state index is 11.9. The molecule has 0 aromatic carbocycles. The van der Waals surface area contributed by atoms with Gasteiger partial charge in [0.1, 0.15) is 0 Å². The van der Waals surface area contributed by atoms with Crippen molar-refractivity contribution in [2.24, 2.45) is 17.1 Å². The fraction of sp³-hybridized carbons (Fsp3) is 0.929. The highest BCUT2D eigenvalue weighted by Gasteiger charge is 2.23. The van der Waals surface area contributed by atoms with Gasteiger partial charge in [0.25, 0.3) is 0 Å². The van der Waals surface area contributed by atoms with Gasteiger partial charge in [0.2, 0.25) is 5.91 Å². The van der Waals surface area contributed by atoms with Gasteiger partial charge in [-0.25, -0.2) is 0 Å². The van der Waals surface area contributed by atoms with Crippen LogP contribution in [0.3, 0.4) is 0 Å². The Morgan fingerprint density at radius 3 is 2.33 bits per heavy atom. The predicted molar refractivity (Wildman–Crippen MR) is 75.2 cm³/mol. The van der Waals surface area contributed by atoms with E-state index in [9.17, 15) is 4.79 Å². The molecule has 1 unspecified atom stereocenters. The van der Waals surface area contributed by atoms with Crippen molar-refractivity contribution in [3.8, 4) is 0 Å². The highest BCUT2D eigenvalue weighted by atomic mass is 16.2. The van der Waals surface area contributed by atoms with Gasteiger partial charge in [-0.2, -0.15) is 0 Å². The molecule has 0 aliphatic rings. The molecule has 18 heavy (non-hydrogen) atoms. The number of aliphatic hydroxyl groups excluding tert-OH is 1. The van der Waals surface area contributed by atoms with Gasteiger partial charge in [-0.15, -0.1) is 0 Å². The Morgan fingerprint density at radius 2 is 1.83 bits per heavy atom. The number of carbonyl (C=O) groups is 1. The summed E-state index contributed by atoms with van der Waals surface area (Å²) in [5.74, 6) is -0.00275. The Hall–Kier alpha value is -0.610. The second kappa shape index (κ2) is 9.34. The molecule has 1 amide bonds. The summed E-state index contributed by atoms with van der Waals surface area (Å²) < 4.78 is 0. The molecule has 0 radical (unpaired) electrons. The van der Waals surface area contributed by atoms with Crippen LogP contribution in [-0.4, -0.2) is 30.7 Å². The minimum atomic E-state index is -0.0811. The number of carbonyl (C=O) groups excluding carboxylic acids is 1. The van der Waals surface area contributed by atoms with Crippen LogP contribution in [0.1, 0.15) is 52.9 Å². The van der Waals surface area contributed by atoms with Crippen LogP contribution in [0.5, 0.6) is 0 Å². The lowest BCUT2D eigenvalue weighted by Crippen LogP contribution is -2.37. The SMILES string of the molecule is CC(C)(C)CC(CN)C(=O)NCCCCCCO. The van der Waals surface area contributed by atoms with Crippen LogP contribution < -0.4 is 11.1 Å². The maximum atomic E-state index is 11.9. The average Bonchev–Trinajstić information content (AvgIpc) is 2.29. The summed E-state index contributed by atoms with van der Waals surface area (Å²) in [6.07, 6.45) is 4.71. The zero-order valence-corrected chi connectivity index (χ0v) is 12.2. The van der Waals surface area contributed by atoms with Crippen molar-refractivity contribution in [2.75, 3.05) is 19.7 Å². The molecular weight excluding hydrogens is 228 g/mol. The smallest absolute Gasteiger partial charge is 0.224 e. The molecule has 0 aromatic rings. The van der Waals surface area contributed by atoms with Crippen molar-refractivity contribution >= 4 is 5.91 Å². The molecule has 1 atom stereocenters. The van der Waals surface area contributed by atoms with Gasteiger partial charge < -0.3 is 16.2 Å². The van der Waals surface area contributed by atoms with E-state index in [4.69, 9.17) is 10.8 Å². The first-order chi connectivity index (χ1) is 8.40. The van der Waals surface area contributed by atoms with Gasteiger partial charge in [0.05, 0.1) is 5.92 Å². The van der Waals surface area contributed by atoms with E-state index in [1.54, 1.807) is 0 Å². The van der Waals surface area contributed by atoms with Gasteiger partial charge in [0, 0.05) is 19.7 Å². The number of nitrogens with two attached hydrogens (primary N) is 1. The number of hydrogen-bond donors (Lipinski definition) is 3. The van der Waals surface area contributed by atoms with Crippen molar-refractivity contribution in [2.45, 2.75) is 52.9 Å². The average molecular weight is 258 g/mol. The van der Waals surface area contributed by atoms with Crippen molar-refractivity contribution in [1.29, 1.82) is 0 Å². The molecule has 0 aliphatic heterocycles. The van der Waals surface area contributed by atoms with Gasteiger partial charge in [-0.3, -0.25) is 4.79 Å². The van der Waals surface area contributed by atoms with Crippen LogP contribution in [0.25, 0.3) is 0 Å². The molecule has 0 heterocycles. The number of rotatable bonds is 9. The van der Waals surface area contributed by atoms with Gasteiger partial charge >= 0.3 is 0 Å². The lowest BCUT2D eigenvalue weighted by atomic mass is 9.84. The second-order valence-electron chi connectivity index (χ2n) is 6.13. The van der Waals surface area contributed by atoms with E-state index >= 15 is 0 Å². The van der Waals surface area contributed by atoms with E-state index in [-0.39, 0.29) is 23.8 Å². The molecule has 0 spiro atoms. The molecule has 0 bridgehead atoms. The third kappa shape index (κ3) is 9.42. The zero-order valence-electron chi connectivity index (χ0n) is 12.2. The third-order valence-corrected chi connectivity index (χ3v) is 2.90.